The quantitative estimate of drug-likeness (QED) is 0.504. The van der Waals surface area contributed by atoms with Crippen LogP contribution in [0.5, 0.6) is 0 Å². The van der Waals surface area contributed by atoms with Gasteiger partial charge < -0.3 is 0 Å². The summed E-state index contributed by atoms with van der Waals surface area (Å²) in [4.78, 5) is 0. The van der Waals surface area contributed by atoms with Gasteiger partial charge in [0.25, 0.3) is 0 Å². The largest absolute Gasteiger partial charge is 0.0958 e. The molecular formula is C9H16. The minimum Gasteiger partial charge on any atom is -0.0958 e. The van der Waals surface area contributed by atoms with Crippen LogP contribution in [0.3, 0.4) is 0 Å². The van der Waals surface area contributed by atoms with Crippen LogP contribution in [0.25, 0.3) is 0 Å². The van der Waals surface area contributed by atoms with Gasteiger partial charge in [0.1, 0.15) is 0 Å². The smallest absolute Gasteiger partial charge is 0.0285 e. The molecule has 9 heavy (non-hydrogen) atoms. The van der Waals surface area contributed by atoms with E-state index in [1.54, 1.807) is 0 Å². The van der Waals surface area contributed by atoms with E-state index in [1.165, 1.54) is 18.4 Å². The Kier molecular flexibility index (Phi) is 5.29. The highest BCUT2D eigenvalue weighted by Gasteiger charge is 1.85. The number of hydrogen-bond donors (Lipinski definition) is 0. The van der Waals surface area contributed by atoms with E-state index in [0.29, 0.717) is 0 Å². The molecule has 0 aromatic carbocycles. The van der Waals surface area contributed by atoms with Gasteiger partial charge in [0.15, 0.2) is 0 Å². The van der Waals surface area contributed by atoms with Crippen LogP contribution in [-0.2, 0) is 0 Å². The molecule has 0 nitrogen and oxygen atoms in total. The highest BCUT2D eigenvalue weighted by molar-refractivity contribution is 5.12. The molecule has 0 radical (unpaired) electrons. The molecule has 0 aromatic rings. The molecule has 0 saturated carbocycles. The van der Waals surface area contributed by atoms with Crippen molar-refractivity contribution in [1.29, 1.82) is 0 Å². The van der Waals surface area contributed by atoms with Crippen molar-refractivity contribution in [2.75, 3.05) is 0 Å². The van der Waals surface area contributed by atoms with Crippen molar-refractivity contribution in [2.24, 2.45) is 0 Å². The van der Waals surface area contributed by atoms with Crippen molar-refractivity contribution < 1.29 is 0 Å². The normalized spacial score (nSPS) is 10.4. The van der Waals surface area contributed by atoms with Crippen LogP contribution in [0.15, 0.2) is 24.3 Å². The van der Waals surface area contributed by atoms with Gasteiger partial charge in [-0.2, -0.15) is 0 Å². The first kappa shape index (κ1) is 8.48. The van der Waals surface area contributed by atoms with Gasteiger partial charge in [-0.3, -0.25) is 0 Å². The van der Waals surface area contributed by atoms with Crippen molar-refractivity contribution in [3.05, 3.63) is 24.3 Å². The van der Waals surface area contributed by atoms with Gasteiger partial charge in [-0.1, -0.05) is 37.6 Å². The van der Waals surface area contributed by atoms with E-state index < -0.39 is 0 Å². The Hall–Kier alpha value is -0.520. The Morgan fingerprint density at radius 1 is 1.56 bits per heavy atom. The molecule has 0 bridgehead atoms. The zero-order valence-electron chi connectivity index (χ0n) is 6.48. The first-order valence-corrected chi connectivity index (χ1v) is 3.61. The number of allylic oxidation sites excluding steroid dienone is 3. The van der Waals surface area contributed by atoms with E-state index in [-0.39, 0.29) is 0 Å². The molecule has 0 amide bonds. The second-order valence-electron chi connectivity index (χ2n) is 2.26. The lowest BCUT2D eigenvalue weighted by Gasteiger charge is -1.94. The summed E-state index contributed by atoms with van der Waals surface area (Å²) in [5.41, 5.74) is 1.25. The second kappa shape index (κ2) is 5.61. The summed E-state index contributed by atoms with van der Waals surface area (Å²) >= 11 is 0. The molecule has 0 spiro atoms. The van der Waals surface area contributed by atoms with Crippen LogP contribution in [-0.4, -0.2) is 0 Å². The van der Waals surface area contributed by atoms with Gasteiger partial charge >= 0.3 is 0 Å². The Morgan fingerprint density at radius 2 is 2.22 bits per heavy atom. The van der Waals surface area contributed by atoms with E-state index in [2.05, 4.69) is 19.6 Å². The molecule has 0 unspecified atom stereocenters. The summed E-state index contributed by atoms with van der Waals surface area (Å²) in [6.07, 6.45) is 7.80. The monoisotopic (exact) mass is 124 g/mol. The Morgan fingerprint density at radius 3 is 2.67 bits per heavy atom. The van der Waals surface area contributed by atoms with Crippen LogP contribution in [0.2, 0.25) is 0 Å². The van der Waals surface area contributed by atoms with Gasteiger partial charge in [0, 0.05) is 0 Å². The van der Waals surface area contributed by atoms with Crippen molar-refractivity contribution in [1.82, 2.24) is 0 Å². The predicted molar refractivity (Wildman–Crippen MR) is 43.5 cm³/mol. The molecule has 0 aliphatic heterocycles. The summed E-state index contributed by atoms with van der Waals surface area (Å²) in [6, 6.07) is 0. The fourth-order valence-corrected chi connectivity index (χ4v) is 0.723. The summed E-state index contributed by atoms with van der Waals surface area (Å²) < 4.78 is 0. The Balaban J connectivity index is 3.27. The maximum atomic E-state index is 3.90. The first-order valence-electron chi connectivity index (χ1n) is 3.61. The molecule has 0 fully saturated rings. The third kappa shape index (κ3) is 5.35. The average molecular weight is 124 g/mol. The molecule has 0 aromatic heterocycles. The molecule has 0 rings (SSSR count). The van der Waals surface area contributed by atoms with Crippen molar-refractivity contribution in [3.63, 3.8) is 0 Å². The summed E-state index contributed by atoms with van der Waals surface area (Å²) in [6.45, 7) is 8.12. The zero-order valence-corrected chi connectivity index (χ0v) is 6.48. The zero-order chi connectivity index (χ0) is 7.11. The van der Waals surface area contributed by atoms with Gasteiger partial charge in [-0.05, 0) is 19.8 Å². The van der Waals surface area contributed by atoms with E-state index in [0.717, 1.165) is 6.42 Å². The average Bonchev–Trinajstić information content (AvgIpc) is 1.85. The molecule has 0 aliphatic rings. The number of unbranched alkanes of at least 4 members (excludes halogenated alkanes) is 1. The van der Waals surface area contributed by atoms with Crippen LogP contribution < -0.4 is 0 Å². The fourth-order valence-electron chi connectivity index (χ4n) is 0.723. The van der Waals surface area contributed by atoms with Crippen molar-refractivity contribution >= 4 is 0 Å². The number of rotatable bonds is 4. The summed E-state index contributed by atoms with van der Waals surface area (Å²) in [5, 5.41) is 0. The molecule has 0 saturated heterocycles. The maximum Gasteiger partial charge on any atom is -0.0285 e. The van der Waals surface area contributed by atoms with Crippen LogP contribution in [0.4, 0.5) is 0 Å². The van der Waals surface area contributed by atoms with Crippen molar-refractivity contribution in [2.45, 2.75) is 33.1 Å². The maximum absolute atomic E-state index is 3.90. The molecule has 0 aliphatic carbocycles. The van der Waals surface area contributed by atoms with E-state index >= 15 is 0 Å². The summed E-state index contributed by atoms with van der Waals surface area (Å²) in [5.74, 6) is 0. The molecule has 52 valence electrons. The van der Waals surface area contributed by atoms with Crippen LogP contribution >= 0.6 is 0 Å². The highest BCUT2D eigenvalue weighted by Crippen LogP contribution is 2.05. The molecule has 0 heteroatoms. The minimum absolute atomic E-state index is 1.15. The molecule has 0 N–H and O–H groups in total. The van der Waals surface area contributed by atoms with Gasteiger partial charge in [0.2, 0.25) is 0 Å². The minimum atomic E-state index is 1.15. The molecule has 0 atom stereocenters. The van der Waals surface area contributed by atoms with E-state index in [9.17, 15) is 0 Å². The molecular weight excluding hydrogens is 108 g/mol. The third-order valence-corrected chi connectivity index (χ3v) is 1.25. The van der Waals surface area contributed by atoms with Crippen LogP contribution in [0.1, 0.15) is 33.1 Å². The topological polar surface area (TPSA) is 0 Å². The van der Waals surface area contributed by atoms with E-state index in [1.807, 2.05) is 13.0 Å². The van der Waals surface area contributed by atoms with Gasteiger partial charge in [0.05, 0.1) is 0 Å². The lowest BCUT2D eigenvalue weighted by atomic mass is 10.1. The number of hydrogen-bond acceptors (Lipinski definition) is 0. The predicted octanol–water partition coefficient (Wildman–Crippen LogP) is 3.31. The highest BCUT2D eigenvalue weighted by atomic mass is 13.9. The Bertz CT molecular complexity index is 98.6. The van der Waals surface area contributed by atoms with Gasteiger partial charge in [-0.15, -0.1) is 0 Å². The lowest BCUT2D eigenvalue weighted by Crippen LogP contribution is -1.74. The second-order valence-corrected chi connectivity index (χ2v) is 2.26. The third-order valence-electron chi connectivity index (χ3n) is 1.25. The van der Waals surface area contributed by atoms with E-state index in [4.69, 9.17) is 0 Å². The van der Waals surface area contributed by atoms with Crippen molar-refractivity contribution in [3.8, 4) is 0 Å². The fraction of sp³-hybridized carbons (Fsp3) is 0.556. The standard InChI is InChI=1S/C9H16/c1-4-6-8-9(3)7-5-2/h5,7H,3-4,6,8H2,1-2H3/b7-5+. The molecule has 0 heterocycles. The van der Waals surface area contributed by atoms with Gasteiger partial charge in [-0.25, -0.2) is 0 Å². The SMILES string of the molecule is C=C(/C=C/C)CCCC. The first-order chi connectivity index (χ1) is 4.31. The lowest BCUT2D eigenvalue weighted by molar-refractivity contribution is 0.799. The van der Waals surface area contributed by atoms with Crippen LogP contribution in [0, 0.1) is 0 Å². The summed E-state index contributed by atoms with van der Waals surface area (Å²) in [7, 11) is 0. The Labute approximate surface area is 58.3 Å².